The van der Waals surface area contributed by atoms with E-state index < -0.39 is 0 Å². The largest absolute Gasteiger partial charge is 0.343 e. The van der Waals surface area contributed by atoms with E-state index in [0.29, 0.717) is 6.04 Å². The fourth-order valence-electron chi connectivity index (χ4n) is 3.52. The van der Waals surface area contributed by atoms with Crippen LogP contribution in [-0.2, 0) is 13.0 Å². The van der Waals surface area contributed by atoms with E-state index in [2.05, 4.69) is 29.0 Å². The molecule has 3 rings (SSSR count). The van der Waals surface area contributed by atoms with Crippen molar-refractivity contribution in [3.63, 3.8) is 0 Å². The molecule has 1 aromatic rings. The molecule has 0 aliphatic carbocycles. The number of piperazine rings is 1. The van der Waals surface area contributed by atoms with Crippen LogP contribution in [0.4, 0.5) is 5.13 Å². The van der Waals surface area contributed by atoms with E-state index in [4.69, 9.17) is 4.98 Å². The summed E-state index contributed by atoms with van der Waals surface area (Å²) < 4.78 is 0. The van der Waals surface area contributed by atoms with Crippen molar-refractivity contribution in [2.75, 3.05) is 31.6 Å². The molecular weight excluding hydrogens is 268 g/mol. The highest BCUT2D eigenvalue weighted by atomic mass is 32.1. The average molecular weight is 294 g/mol. The quantitative estimate of drug-likeness (QED) is 0.921. The molecule has 2 unspecified atom stereocenters. The van der Waals surface area contributed by atoms with Crippen LogP contribution in [-0.4, -0.2) is 48.6 Å². The van der Waals surface area contributed by atoms with Gasteiger partial charge in [0.05, 0.1) is 5.69 Å². The zero-order chi connectivity index (χ0) is 14.1. The first-order valence-corrected chi connectivity index (χ1v) is 8.68. The molecule has 0 aromatic carbocycles. The lowest BCUT2D eigenvalue weighted by atomic mass is 10.1. The van der Waals surface area contributed by atoms with Crippen LogP contribution in [0.1, 0.15) is 37.3 Å². The predicted molar refractivity (Wildman–Crippen MR) is 85.7 cm³/mol. The van der Waals surface area contributed by atoms with Gasteiger partial charge in [0, 0.05) is 36.6 Å². The van der Waals surface area contributed by atoms with Gasteiger partial charge in [0.15, 0.2) is 5.13 Å². The fourth-order valence-corrected chi connectivity index (χ4v) is 4.79. The number of hydrogen-bond donors (Lipinski definition) is 1. The maximum absolute atomic E-state index is 4.92. The Labute approximate surface area is 126 Å². The molecule has 0 saturated carbocycles. The smallest absolute Gasteiger partial charge is 0.186 e. The highest BCUT2D eigenvalue weighted by Gasteiger charge is 2.35. The van der Waals surface area contributed by atoms with Crippen LogP contribution < -0.4 is 10.2 Å². The molecule has 20 heavy (non-hydrogen) atoms. The van der Waals surface area contributed by atoms with Gasteiger partial charge in [0.25, 0.3) is 0 Å². The van der Waals surface area contributed by atoms with Gasteiger partial charge in [-0.1, -0.05) is 6.92 Å². The number of nitrogens with zero attached hydrogens (tertiary/aromatic N) is 3. The van der Waals surface area contributed by atoms with Gasteiger partial charge in [-0.25, -0.2) is 4.98 Å². The van der Waals surface area contributed by atoms with Crippen molar-refractivity contribution >= 4 is 16.5 Å². The molecule has 4 nitrogen and oxygen atoms in total. The first-order valence-electron chi connectivity index (χ1n) is 7.86. The van der Waals surface area contributed by atoms with Crippen LogP contribution >= 0.6 is 11.3 Å². The number of nitrogens with one attached hydrogen (secondary N) is 1. The summed E-state index contributed by atoms with van der Waals surface area (Å²) in [5.41, 5.74) is 1.28. The molecule has 112 valence electrons. The zero-order valence-corrected chi connectivity index (χ0v) is 13.7. The zero-order valence-electron chi connectivity index (χ0n) is 12.9. The maximum atomic E-state index is 4.92. The van der Waals surface area contributed by atoms with Gasteiger partial charge in [0.1, 0.15) is 0 Å². The Morgan fingerprint density at radius 1 is 1.40 bits per heavy atom. The summed E-state index contributed by atoms with van der Waals surface area (Å²) in [6.45, 7) is 9.16. The van der Waals surface area contributed by atoms with E-state index in [1.54, 1.807) is 0 Å². The molecule has 1 aromatic heterocycles. The number of aryl methyl sites for hydroxylation is 1. The van der Waals surface area contributed by atoms with Gasteiger partial charge in [-0.3, -0.25) is 4.90 Å². The molecule has 2 aliphatic heterocycles. The Hall–Kier alpha value is -0.650. The second-order valence-corrected chi connectivity index (χ2v) is 7.10. The SMILES string of the molecule is CCc1nc(N2CC3CCCN3CC2C)sc1CNC. The van der Waals surface area contributed by atoms with Crippen LogP contribution in [0.5, 0.6) is 0 Å². The van der Waals surface area contributed by atoms with E-state index in [1.807, 2.05) is 18.4 Å². The molecule has 2 atom stereocenters. The van der Waals surface area contributed by atoms with Crippen LogP contribution in [0, 0.1) is 0 Å². The van der Waals surface area contributed by atoms with Gasteiger partial charge in [-0.05, 0) is 39.8 Å². The molecule has 2 saturated heterocycles. The third-order valence-electron chi connectivity index (χ3n) is 4.62. The number of rotatable bonds is 4. The van der Waals surface area contributed by atoms with E-state index in [1.165, 1.54) is 41.6 Å². The molecule has 5 heteroatoms. The Kier molecular flexibility index (Phi) is 4.29. The molecule has 2 fully saturated rings. The number of fused-ring (bicyclic) bond motifs is 1. The Morgan fingerprint density at radius 2 is 2.25 bits per heavy atom. The van der Waals surface area contributed by atoms with E-state index >= 15 is 0 Å². The average Bonchev–Trinajstić information content (AvgIpc) is 3.04. The molecule has 3 heterocycles. The summed E-state index contributed by atoms with van der Waals surface area (Å²) in [7, 11) is 2.01. The summed E-state index contributed by atoms with van der Waals surface area (Å²) in [6, 6.07) is 1.34. The highest BCUT2D eigenvalue weighted by molar-refractivity contribution is 7.15. The summed E-state index contributed by atoms with van der Waals surface area (Å²) in [6.07, 6.45) is 3.76. The van der Waals surface area contributed by atoms with Crippen molar-refractivity contribution in [1.29, 1.82) is 0 Å². The second kappa shape index (κ2) is 6.00. The minimum atomic E-state index is 0.586. The van der Waals surface area contributed by atoms with Crippen molar-refractivity contribution in [3.05, 3.63) is 10.6 Å². The van der Waals surface area contributed by atoms with Gasteiger partial charge in [0.2, 0.25) is 0 Å². The number of hydrogen-bond acceptors (Lipinski definition) is 5. The number of anilines is 1. The third-order valence-corrected chi connectivity index (χ3v) is 5.76. The standard InChI is InChI=1S/C15H26N4S/c1-4-13-14(8-16-3)20-15(17-13)19-10-12-6-5-7-18(12)9-11(19)2/h11-12,16H,4-10H2,1-3H3. The van der Waals surface area contributed by atoms with Crippen LogP contribution in [0.25, 0.3) is 0 Å². The molecular formula is C15H26N4S. The van der Waals surface area contributed by atoms with Crippen LogP contribution in [0.15, 0.2) is 0 Å². The molecule has 0 amide bonds. The molecule has 1 N–H and O–H groups in total. The number of aromatic nitrogens is 1. The topological polar surface area (TPSA) is 31.4 Å². The minimum Gasteiger partial charge on any atom is -0.343 e. The van der Waals surface area contributed by atoms with Crippen molar-refractivity contribution in [1.82, 2.24) is 15.2 Å². The number of thiazole rings is 1. The summed E-state index contributed by atoms with van der Waals surface area (Å²) in [5.74, 6) is 0. The molecule has 0 bridgehead atoms. The summed E-state index contributed by atoms with van der Waals surface area (Å²) in [4.78, 5) is 11.6. The fraction of sp³-hybridized carbons (Fsp3) is 0.800. The van der Waals surface area contributed by atoms with Crippen molar-refractivity contribution in [2.45, 2.75) is 51.7 Å². The van der Waals surface area contributed by atoms with Gasteiger partial charge in [-0.2, -0.15) is 0 Å². The lowest BCUT2D eigenvalue weighted by Crippen LogP contribution is -2.55. The maximum Gasteiger partial charge on any atom is 0.186 e. The van der Waals surface area contributed by atoms with Gasteiger partial charge >= 0.3 is 0 Å². The van der Waals surface area contributed by atoms with Crippen LogP contribution in [0.2, 0.25) is 0 Å². The second-order valence-electron chi connectivity index (χ2n) is 6.04. The minimum absolute atomic E-state index is 0.586. The normalized spacial score (nSPS) is 27.1. The Morgan fingerprint density at radius 3 is 3.00 bits per heavy atom. The van der Waals surface area contributed by atoms with Crippen molar-refractivity contribution in [2.24, 2.45) is 0 Å². The lowest BCUT2D eigenvalue weighted by Gasteiger charge is -2.42. The summed E-state index contributed by atoms with van der Waals surface area (Å²) in [5, 5.41) is 4.51. The molecule has 2 aliphatic rings. The monoisotopic (exact) mass is 294 g/mol. The van der Waals surface area contributed by atoms with Crippen LogP contribution in [0.3, 0.4) is 0 Å². The van der Waals surface area contributed by atoms with E-state index in [9.17, 15) is 0 Å². The van der Waals surface area contributed by atoms with Crippen molar-refractivity contribution in [3.8, 4) is 0 Å². The van der Waals surface area contributed by atoms with E-state index in [0.717, 1.165) is 25.6 Å². The molecule has 0 radical (unpaired) electrons. The predicted octanol–water partition coefficient (Wildman–Crippen LogP) is 2.10. The van der Waals surface area contributed by atoms with Gasteiger partial charge in [-0.15, -0.1) is 11.3 Å². The van der Waals surface area contributed by atoms with E-state index in [-0.39, 0.29) is 0 Å². The van der Waals surface area contributed by atoms with Gasteiger partial charge < -0.3 is 10.2 Å². The third kappa shape index (κ3) is 2.59. The Bertz CT molecular complexity index is 459. The summed E-state index contributed by atoms with van der Waals surface area (Å²) >= 11 is 1.89. The Balaban J connectivity index is 1.80. The highest BCUT2D eigenvalue weighted by Crippen LogP contribution is 2.33. The first kappa shape index (κ1) is 14.3. The first-order chi connectivity index (χ1) is 9.72. The lowest BCUT2D eigenvalue weighted by molar-refractivity contribution is 0.203. The van der Waals surface area contributed by atoms with Crippen molar-refractivity contribution < 1.29 is 0 Å². The molecule has 0 spiro atoms.